The zero-order valence-corrected chi connectivity index (χ0v) is 15.3. The maximum Gasteiger partial charge on any atom is 0.334 e. The van der Waals surface area contributed by atoms with Gasteiger partial charge in [0.15, 0.2) is 0 Å². The van der Waals surface area contributed by atoms with Crippen LogP contribution < -0.4 is 5.32 Å². The van der Waals surface area contributed by atoms with Crippen LogP contribution in [0.3, 0.4) is 0 Å². The molecule has 1 saturated carbocycles. The summed E-state index contributed by atoms with van der Waals surface area (Å²) in [6.45, 7) is 2.96. The lowest BCUT2D eigenvalue weighted by atomic mass is 9.85. The number of carbonyl (C=O) groups is 4. The molecular formula is C19H22FN3O4. The van der Waals surface area contributed by atoms with Crippen LogP contribution in [-0.4, -0.2) is 46.1 Å². The summed E-state index contributed by atoms with van der Waals surface area (Å²) in [6.07, 6.45) is 3.46. The normalized spacial score (nSPS) is 23.1. The van der Waals surface area contributed by atoms with E-state index in [1.54, 1.807) is 6.92 Å². The van der Waals surface area contributed by atoms with Gasteiger partial charge in [0.05, 0.1) is 0 Å². The van der Waals surface area contributed by atoms with E-state index in [9.17, 15) is 23.6 Å². The lowest BCUT2D eigenvalue weighted by Gasteiger charge is -2.34. The van der Waals surface area contributed by atoms with E-state index in [2.05, 4.69) is 5.32 Å². The Morgan fingerprint density at radius 1 is 1.19 bits per heavy atom. The zero-order chi connectivity index (χ0) is 19.7. The third-order valence-electron chi connectivity index (χ3n) is 5.24. The highest BCUT2D eigenvalue weighted by Crippen LogP contribution is 2.31. The van der Waals surface area contributed by atoms with Crippen LogP contribution in [0, 0.1) is 18.7 Å². The molecule has 0 radical (unpaired) electrons. The quantitative estimate of drug-likeness (QED) is 0.647. The van der Waals surface area contributed by atoms with Crippen molar-refractivity contribution in [1.82, 2.24) is 9.80 Å². The molecule has 2 aliphatic rings. The smallest absolute Gasteiger partial charge is 0.324 e. The second-order valence-corrected chi connectivity index (χ2v) is 7.19. The number of anilines is 1. The van der Waals surface area contributed by atoms with Gasteiger partial charge in [0.2, 0.25) is 5.91 Å². The van der Waals surface area contributed by atoms with Crippen LogP contribution in [0.25, 0.3) is 0 Å². The highest BCUT2D eigenvalue weighted by molar-refractivity contribution is 6.45. The largest absolute Gasteiger partial charge is 0.334 e. The minimum Gasteiger partial charge on any atom is -0.324 e. The number of carbonyl (C=O) groups excluding carboxylic acids is 4. The van der Waals surface area contributed by atoms with Gasteiger partial charge in [-0.15, -0.1) is 0 Å². The van der Waals surface area contributed by atoms with Crippen molar-refractivity contribution in [2.75, 3.05) is 11.9 Å². The molecule has 1 heterocycles. The third-order valence-corrected chi connectivity index (χ3v) is 5.24. The number of amides is 5. The molecule has 8 heteroatoms. The average Bonchev–Trinajstić information content (AvgIpc) is 2.82. The first kappa shape index (κ1) is 19.0. The highest BCUT2D eigenvalue weighted by atomic mass is 19.1. The number of benzene rings is 1. The fourth-order valence-electron chi connectivity index (χ4n) is 3.65. The molecule has 1 aliphatic heterocycles. The van der Waals surface area contributed by atoms with Crippen LogP contribution in [0.5, 0.6) is 0 Å². The number of aryl methyl sites for hydroxylation is 1. The van der Waals surface area contributed by atoms with Crippen LogP contribution in [0.2, 0.25) is 0 Å². The molecular weight excluding hydrogens is 353 g/mol. The molecule has 2 atom stereocenters. The molecule has 5 amide bonds. The number of halogens is 1. The third kappa shape index (κ3) is 3.70. The number of nitrogens with zero attached hydrogens (tertiary/aromatic N) is 2. The molecule has 1 aromatic carbocycles. The van der Waals surface area contributed by atoms with Gasteiger partial charge < -0.3 is 5.32 Å². The number of urea groups is 1. The van der Waals surface area contributed by atoms with Gasteiger partial charge in [-0.2, -0.15) is 0 Å². The van der Waals surface area contributed by atoms with Crippen molar-refractivity contribution in [3.05, 3.63) is 29.6 Å². The SMILES string of the molecule is Cc1ccc(NC(=O)CN2C(=O)C(=O)N([C@H]3CCCC[C@@H]3C)C2=O)cc1F. The number of imide groups is 2. The molecule has 3 rings (SSSR count). The van der Waals surface area contributed by atoms with E-state index >= 15 is 0 Å². The van der Waals surface area contributed by atoms with Crippen LogP contribution in [0.4, 0.5) is 14.9 Å². The Balaban J connectivity index is 1.70. The van der Waals surface area contributed by atoms with Crippen molar-refractivity contribution in [3.8, 4) is 0 Å². The van der Waals surface area contributed by atoms with Crippen molar-refractivity contribution < 1.29 is 23.6 Å². The summed E-state index contributed by atoms with van der Waals surface area (Å²) < 4.78 is 13.6. The van der Waals surface area contributed by atoms with E-state index < -0.39 is 36.1 Å². The first-order valence-electron chi connectivity index (χ1n) is 9.04. The molecule has 7 nitrogen and oxygen atoms in total. The Hall–Kier alpha value is -2.77. The average molecular weight is 375 g/mol. The summed E-state index contributed by atoms with van der Waals surface area (Å²) in [5.41, 5.74) is 0.645. The molecule has 1 N–H and O–H groups in total. The molecule has 27 heavy (non-hydrogen) atoms. The van der Waals surface area contributed by atoms with Gasteiger partial charge in [-0.05, 0) is 43.4 Å². The molecule has 1 aromatic rings. The summed E-state index contributed by atoms with van der Waals surface area (Å²) in [5, 5.41) is 2.44. The van der Waals surface area contributed by atoms with Gasteiger partial charge in [0.25, 0.3) is 0 Å². The summed E-state index contributed by atoms with van der Waals surface area (Å²) in [7, 11) is 0. The molecule has 0 aromatic heterocycles. The first-order valence-corrected chi connectivity index (χ1v) is 9.04. The van der Waals surface area contributed by atoms with E-state index in [0.29, 0.717) is 16.9 Å². The Labute approximate surface area is 156 Å². The molecule has 0 spiro atoms. The van der Waals surface area contributed by atoms with E-state index in [4.69, 9.17) is 0 Å². The maximum atomic E-state index is 13.6. The number of hydrogen-bond acceptors (Lipinski definition) is 4. The summed E-state index contributed by atoms with van der Waals surface area (Å²) >= 11 is 0. The lowest BCUT2D eigenvalue weighted by molar-refractivity contribution is -0.145. The van der Waals surface area contributed by atoms with E-state index in [-0.39, 0.29) is 17.6 Å². The molecule has 144 valence electrons. The predicted octanol–water partition coefficient (Wildman–Crippen LogP) is 2.44. The summed E-state index contributed by atoms with van der Waals surface area (Å²) in [6, 6.07) is 3.11. The number of nitrogens with one attached hydrogen (secondary N) is 1. The van der Waals surface area contributed by atoms with Gasteiger partial charge >= 0.3 is 17.8 Å². The van der Waals surface area contributed by atoms with Gasteiger partial charge in [0.1, 0.15) is 12.4 Å². The van der Waals surface area contributed by atoms with Gasteiger partial charge in [0, 0.05) is 11.7 Å². The highest BCUT2D eigenvalue weighted by Gasteiger charge is 2.49. The van der Waals surface area contributed by atoms with Crippen molar-refractivity contribution in [2.45, 2.75) is 45.6 Å². The fourth-order valence-corrected chi connectivity index (χ4v) is 3.65. The number of rotatable bonds is 4. The van der Waals surface area contributed by atoms with Crippen LogP contribution in [-0.2, 0) is 14.4 Å². The van der Waals surface area contributed by atoms with Crippen LogP contribution >= 0.6 is 0 Å². The van der Waals surface area contributed by atoms with Crippen molar-refractivity contribution in [1.29, 1.82) is 0 Å². The molecule has 0 bridgehead atoms. The van der Waals surface area contributed by atoms with E-state index in [1.165, 1.54) is 12.1 Å². The van der Waals surface area contributed by atoms with Crippen LogP contribution in [0.1, 0.15) is 38.2 Å². The molecule has 1 aliphatic carbocycles. The Bertz CT molecular complexity index is 810. The van der Waals surface area contributed by atoms with Gasteiger partial charge in [-0.3, -0.25) is 19.3 Å². The number of hydrogen-bond donors (Lipinski definition) is 1. The van der Waals surface area contributed by atoms with Gasteiger partial charge in [-0.1, -0.05) is 25.8 Å². The maximum absolute atomic E-state index is 13.6. The van der Waals surface area contributed by atoms with Crippen molar-refractivity contribution in [3.63, 3.8) is 0 Å². The summed E-state index contributed by atoms with van der Waals surface area (Å²) in [5.74, 6) is -2.92. The summed E-state index contributed by atoms with van der Waals surface area (Å²) in [4.78, 5) is 51.1. The monoisotopic (exact) mass is 375 g/mol. The van der Waals surface area contributed by atoms with E-state index in [1.807, 2.05) is 6.92 Å². The molecule has 1 saturated heterocycles. The minimum atomic E-state index is -0.997. The lowest BCUT2D eigenvalue weighted by Crippen LogP contribution is -2.46. The topological polar surface area (TPSA) is 86.8 Å². The second kappa shape index (κ2) is 7.46. The van der Waals surface area contributed by atoms with Gasteiger partial charge in [-0.25, -0.2) is 14.1 Å². The second-order valence-electron chi connectivity index (χ2n) is 7.19. The Kier molecular flexibility index (Phi) is 5.25. The zero-order valence-electron chi connectivity index (χ0n) is 15.3. The molecule has 0 unspecified atom stereocenters. The Morgan fingerprint density at radius 2 is 1.89 bits per heavy atom. The minimum absolute atomic E-state index is 0.115. The fraction of sp³-hybridized carbons (Fsp3) is 0.474. The Morgan fingerprint density at radius 3 is 2.56 bits per heavy atom. The van der Waals surface area contributed by atoms with Crippen molar-refractivity contribution in [2.24, 2.45) is 5.92 Å². The van der Waals surface area contributed by atoms with Crippen molar-refractivity contribution >= 4 is 29.4 Å². The molecule has 2 fully saturated rings. The van der Waals surface area contributed by atoms with Crippen LogP contribution in [0.15, 0.2) is 18.2 Å². The first-order chi connectivity index (χ1) is 12.8. The van der Waals surface area contributed by atoms with E-state index in [0.717, 1.165) is 30.2 Å². The standard InChI is InChI=1S/C19H22FN3O4/c1-11-7-8-13(9-14(11)20)21-16(24)10-22-17(25)18(26)23(19(22)27)15-6-4-3-5-12(15)2/h7-9,12,15H,3-6,10H2,1-2H3,(H,21,24)/t12-,15-/m0/s1. The predicted molar refractivity (Wildman–Crippen MR) is 95.1 cm³/mol.